The lowest BCUT2D eigenvalue weighted by Gasteiger charge is -2.32. The summed E-state index contributed by atoms with van der Waals surface area (Å²) in [5.41, 5.74) is 6.44. The van der Waals surface area contributed by atoms with Crippen molar-refractivity contribution in [2.75, 3.05) is 5.32 Å². The Bertz CT molecular complexity index is 794. The number of carbonyl (C=O) groups excluding carboxylic acids is 1. The van der Waals surface area contributed by atoms with E-state index in [1.54, 1.807) is 24.3 Å². The summed E-state index contributed by atoms with van der Waals surface area (Å²) in [6, 6.07) is 9.22. The van der Waals surface area contributed by atoms with Gasteiger partial charge in [-0.25, -0.2) is 4.79 Å². The number of fused-ring (bicyclic) bond motifs is 1. The lowest BCUT2D eigenvalue weighted by molar-refractivity contribution is -0.391. The molecule has 2 amide bonds. The van der Waals surface area contributed by atoms with Crippen LogP contribution >= 0.6 is 0 Å². The third-order valence-corrected chi connectivity index (χ3v) is 3.24. The minimum atomic E-state index is -4.77. The molecule has 0 bridgehead atoms. The van der Waals surface area contributed by atoms with Gasteiger partial charge in [0.15, 0.2) is 11.5 Å². The highest BCUT2D eigenvalue weighted by atomic mass is 19.3. The molecule has 0 saturated carbocycles. The van der Waals surface area contributed by atoms with Crippen LogP contribution < -0.4 is 20.5 Å². The zero-order valence-electron chi connectivity index (χ0n) is 11.9. The van der Waals surface area contributed by atoms with Gasteiger partial charge in [0, 0.05) is 5.69 Å². The standard InChI is InChI=1S/C15H10F4N2O3/c16-14(17)15(18,19)24-12-7-9(3-6-11(12)23-14)8-1-4-10(5-2-8)21-13(20)22/h1-7H,(H3,20,21,22). The molecular weight excluding hydrogens is 332 g/mol. The van der Waals surface area contributed by atoms with Gasteiger partial charge in [-0.05, 0) is 35.4 Å². The number of rotatable bonds is 2. The first-order valence-electron chi connectivity index (χ1n) is 6.62. The highest BCUT2D eigenvalue weighted by Gasteiger charge is 2.65. The van der Waals surface area contributed by atoms with Crippen molar-refractivity contribution in [3.8, 4) is 22.6 Å². The number of nitrogens with two attached hydrogens (primary N) is 1. The molecule has 0 radical (unpaired) electrons. The van der Waals surface area contributed by atoms with Gasteiger partial charge in [0.05, 0.1) is 0 Å². The third kappa shape index (κ3) is 2.80. The number of alkyl halides is 4. The average molecular weight is 342 g/mol. The summed E-state index contributed by atoms with van der Waals surface area (Å²) >= 11 is 0. The van der Waals surface area contributed by atoms with Crippen LogP contribution in [0.2, 0.25) is 0 Å². The first-order valence-corrected chi connectivity index (χ1v) is 6.62. The number of urea groups is 1. The van der Waals surface area contributed by atoms with Crippen molar-refractivity contribution in [2.24, 2.45) is 5.73 Å². The summed E-state index contributed by atoms with van der Waals surface area (Å²) in [7, 11) is 0. The zero-order chi connectivity index (χ0) is 17.5. The number of benzene rings is 2. The van der Waals surface area contributed by atoms with Crippen molar-refractivity contribution < 1.29 is 31.8 Å². The molecular formula is C15H10F4N2O3. The fourth-order valence-electron chi connectivity index (χ4n) is 2.13. The molecule has 0 aliphatic carbocycles. The summed E-state index contributed by atoms with van der Waals surface area (Å²) in [6.07, 6.45) is -9.52. The molecule has 9 heteroatoms. The van der Waals surface area contributed by atoms with E-state index in [4.69, 9.17) is 5.73 Å². The molecule has 0 saturated heterocycles. The maximum atomic E-state index is 13.2. The molecule has 1 aliphatic rings. The number of hydrogen-bond donors (Lipinski definition) is 2. The highest BCUT2D eigenvalue weighted by Crippen LogP contribution is 2.47. The van der Waals surface area contributed by atoms with Gasteiger partial charge in [0.1, 0.15) is 0 Å². The molecule has 3 rings (SSSR count). The lowest BCUT2D eigenvalue weighted by atomic mass is 10.0. The average Bonchev–Trinajstić information content (AvgIpc) is 2.47. The van der Waals surface area contributed by atoms with Gasteiger partial charge in [-0.3, -0.25) is 0 Å². The largest absolute Gasteiger partial charge is 0.507 e. The molecule has 2 aromatic carbocycles. The van der Waals surface area contributed by atoms with Crippen LogP contribution in [0.4, 0.5) is 28.0 Å². The molecule has 0 spiro atoms. The molecule has 126 valence electrons. The Morgan fingerprint density at radius 2 is 1.42 bits per heavy atom. The Morgan fingerprint density at radius 3 is 2.00 bits per heavy atom. The van der Waals surface area contributed by atoms with Gasteiger partial charge >= 0.3 is 18.2 Å². The summed E-state index contributed by atoms with van der Waals surface area (Å²) in [4.78, 5) is 10.7. The van der Waals surface area contributed by atoms with Crippen molar-refractivity contribution in [3.63, 3.8) is 0 Å². The number of halogens is 4. The Kier molecular flexibility index (Phi) is 3.51. The molecule has 2 aromatic rings. The summed E-state index contributed by atoms with van der Waals surface area (Å²) in [5, 5.41) is 2.36. The second-order valence-corrected chi connectivity index (χ2v) is 4.97. The second-order valence-electron chi connectivity index (χ2n) is 4.97. The first kappa shape index (κ1) is 15.9. The highest BCUT2D eigenvalue weighted by molar-refractivity contribution is 5.88. The maximum Gasteiger partial charge on any atom is 0.507 e. The van der Waals surface area contributed by atoms with Gasteiger partial charge in [-0.15, -0.1) is 0 Å². The quantitative estimate of drug-likeness (QED) is 0.815. The lowest BCUT2D eigenvalue weighted by Crippen LogP contribution is -2.52. The zero-order valence-corrected chi connectivity index (χ0v) is 11.9. The summed E-state index contributed by atoms with van der Waals surface area (Å²) in [6.45, 7) is 0. The number of carbonyl (C=O) groups is 1. The monoisotopic (exact) mass is 342 g/mol. The first-order chi connectivity index (χ1) is 11.2. The van der Waals surface area contributed by atoms with Gasteiger partial charge in [-0.1, -0.05) is 18.2 Å². The minimum absolute atomic E-state index is 0.434. The van der Waals surface area contributed by atoms with E-state index >= 15 is 0 Å². The van der Waals surface area contributed by atoms with Crippen LogP contribution in [0.15, 0.2) is 42.5 Å². The minimum Gasteiger partial charge on any atom is -0.421 e. The molecule has 0 aromatic heterocycles. The van der Waals surface area contributed by atoms with Crippen molar-refractivity contribution in [1.82, 2.24) is 0 Å². The Balaban J connectivity index is 1.91. The van der Waals surface area contributed by atoms with Crippen molar-refractivity contribution in [2.45, 2.75) is 12.2 Å². The van der Waals surface area contributed by atoms with Gasteiger partial charge in [0.25, 0.3) is 0 Å². The summed E-state index contributed by atoms with van der Waals surface area (Å²) < 4.78 is 60.7. The molecule has 0 atom stereocenters. The Labute approximate surface area is 133 Å². The number of nitrogens with one attached hydrogen (secondary N) is 1. The van der Waals surface area contributed by atoms with Crippen LogP contribution in [0.3, 0.4) is 0 Å². The van der Waals surface area contributed by atoms with E-state index in [0.29, 0.717) is 16.8 Å². The molecule has 24 heavy (non-hydrogen) atoms. The van der Waals surface area contributed by atoms with Gasteiger partial charge in [-0.2, -0.15) is 17.6 Å². The van der Waals surface area contributed by atoms with Crippen LogP contribution in [0.5, 0.6) is 11.5 Å². The Hall–Kier alpha value is -2.97. The fraction of sp³-hybridized carbons (Fsp3) is 0.133. The number of anilines is 1. The van der Waals surface area contributed by atoms with Crippen molar-refractivity contribution in [3.05, 3.63) is 42.5 Å². The molecule has 5 nitrogen and oxygen atoms in total. The van der Waals surface area contributed by atoms with Crippen LogP contribution in [0.1, 0.15) is 0 Å². The predicted octanol–water partition coefficient (Wildman–Crippen LogP) is 3.80. The second kappa shape index (κ2) is 5.29. The van der Waals surface area contributed by atoms with Gasteiger partial charge in [0.2, 0.25) is 0 Å². The van der Waals surface area contributed by atoms with E-state index in [0.717, 1.165) is 12.1 Å². The van der Waals surface area contributed by atoms with Crippen LogP contribution in [0, 0.1) is 0 Å². The van der Waals surface area contributed by atoms with Gasteiger partial charge < -0.3 is 20.5 Å². The maximum absolute atomic E-state index is 13.2. The number of ether oxygens (including phenoxy) is 2. The smallest absolute Gasteiger partial charge is 0.421 e. The molecule has 0 fully saturated rings. The summed E-state index contributed by atoms with van der Waals surface area (Å²) in [5.74, 6) is -0.982. The molecule has 1 heterocycles. The van der Waals surface area contributed by atoms with Crippen LogP contribution in [-0.4, -0.2) is 18.2 Å². The normalized spacial score (nSPS) is 17.2. The predicted molar refractivity (Wildman–Crippen MR) is 76.2 cm³/mol. The molecule has 0 unspecified atom stereocenters. The fourth-order valence-corrected chi connectivity index (χ4v) is 2.13. The SMILES string of the molecule is NC(=O)Nc1ccc(-c2ccc3c(c2)OC(F)(F)C(F)(F)O3)cc1. The van der Waals surface area contributed by atoms with E-state index < -0.39 is 29.7 Å². The molecule has 1 aliphatic heterocycles. The van der Waals surface area contributed by atoms with E-state index in [1.165, 1.54) is 6.07 Å². The van der Waals surface area contributed by atoms with E-state index in [9.17, 15) is 22.4 Å². The van der Waals surface area contributed by atoms with Crippen LogP contribution in [-0.2, 0) is 0 Å². The topological polar surface area (TPSA) is 73.6 Å². The van der Waals surface area contributed by atoms with Crippen LogP contribution in [0.25, 0.3) is 11.1 Å². The van der Waals surface area contributed by atoms with Crippen molar-refractivity contribution >= 4 is 11.7 Å². The number of primary amides is 1. The van der Waals surface area contributed by atoms with Crippen molar-refractivity contribution in [1.29, 1.82) is 0 Å². The van der Waals surface area contributed by atoms with E-state index in [2.05, 4.69) is 14.8 Å². The van der Waals surface area contributed by atoms with E-state index in [1.807, 2.05) is 0 Å². The third-order valence-electron chi connectivity index (χ3n) is 3.24. The number of amides is 2. The Morgan fingerprint density at radius 1 is 0.875 bits per heavy atom. The van der Waals surface area contributed by atoms with E-state index in [-0.39, 0.29) is 0 Å². The number of hydrogen-bond acceptors (Lipinski definition) is 3. The molecule has 3 N–H and O–H groups in total.